The maximum absolute atomic E-state index is 5.28. The van der Waals surface area contributed by atoms with Crippen LogP contribution >= 0.6 is 0 Å². The third kappa shape index (κ3) is 1.19. The fourth-order valence-corrected chi connectivity index (χ4v) is 1.23. The van der Waals surface area contributed by atoms with E-state index in [-0.39, 0.29) is 0 Å². The largest absolute Gasteiger partial charge is 0.497 e. The van der Waals surface area contributed by atoms with Crippen molar-refractivity contribution in [2.75, 3.05) is 12.5 Å². The number of aromatic amines is 1. The molecule has 0 bridgehead atoms. The highest BCUT2D eigenvalue weighted by molar-refractivity contribution is 5.90. The van der Waals surface area contributed by atoms with Crippen LogP contribution in [0.4, 0.5) is 5.82 Å². The zero-order valence-corrected chi connectivity index (χ0v) is 7.16. The van der Waals surface area contributed by atoms with Crippen LogP contribution in [0.2, 0.25) is 0 Å². The molecule has 1 aromatic carbocycles. The maximum atomic E-state index is 5.28. The highest BCUT2D eigenvalue weighted by atomic mass is 16.5. The van der Waals surface area contributed by atoms with Crippen molar-refractivity contribution < 1.29 is 4.74 Å². The van der Waals surface area contributed by atoms with E-state index in [9.17, 15) is 0 Å². The number of nitrogens with zero attached hydrogens (tertiary/aromatic N) is 1. The molecule has 0 saturated heterocycles. The van der Waals surface area contributed by atoms with Crippen molar-refractivity contribution in [2.24, 2.45) is 5.84 Å². The van der Waals surface area contributed by atoms with Gasteiger partial charge >= 0.3 is 0 Å². The van der Waals surface area contributed by atoms with Crippen LogP contribution in [0.5, 0.6) is 5.75 Å². The first kappa shape index (κ1) is 7.88. The molecular weight excluding hydrogens is 168 g/mol. The number of aromatic nitrogens is 2. The normalized spacial score (nSPS) is 10.3. The van der Waals surface area contributed by atoms with E-state index in [0.29, 0.717) is 5.82 Å². The average molecular weight is 178 g/mol. The van der Waals surface area contributed by atoms with Crippen molar-refractivity contribution in [3.05, 3.63) is 18.2 Å². The summed E-state index contributed by atoms with van der Waals surface area (Å²) in [6.45, 7) is 0. The van der Waals surface area contributed by atoms with Gasteiger partial charge in [0.1, 0.15) is 5.75 Å². The fraction of sp³-hybridized carbons (Fsp3) is 0.125. The highest BCUT2D eigenvalue weighted by Crippen LogP contribution is 2.24. The van der Waals surface area contributed by atoms with Crippen LogP contribution < -0.4 is 16.0 Å². The lowest BCUT2D eigenvalue weighted by molar-refractivity contribution is 0.415. The predicted molar refractivity (Wildman–Crippen MR) is 50.5 cm³/mol. The summed E-state index contributed by atoms with van der Waals surface area (Å²) in [6, 6.07) is 5.62. The number of methoxy groups -OCH3 is 1. The molecule has 2 rings (SSSR count). The van der Waals surface area contributed by atoms with E-state index in [1.165, 1.54) is 0 Å². The van der Waals surface area contributed by atoms with Gasteiger partial charge in [0.05, 0.1) is 12.6 Å². The van der Waals surface area contributed by atoms with Gasteiger partial charge in [0.15, 0.2) is 5.82 Å². The molecule has 0 saturated carbocycles. The Kier molecular flexibility index (Phi) is 1.79. The van der Waals surface area contributed by atoms with E-state index in [1.54, 1.807) is 7.11 Å². The number of nitrogens with two attached hydrogens (primary N) is 1. The summed E-state index contributed by atoms with van der Waals surface area (Å²) in [5, 5.41) is 7.73. The zero-order chi connectivity index (χ0) is 9.26. The van der Waals surface area contributed by atoms with Crippen molar-refractivity contribution >= 4 is 16.7 Å². The molecule has 1 heterocycles. The van der Waals surface area contributed by atoms with Crippen LogP contribution in [-0.2, 0) is 0 Å². The summed E-state index contributed by atoms with van der Waals surface area (Å²) < 4.78 is 5.08. The van der Waals surface area contributed by atoms with Gasteiger partial charge in [-0.25, -0.2) is 5.84 Å². The minimum Gasteiger partial charge on any atom is -0.497 e. The van der Waals surface area contributed by atoms with Crippen molar-refractivity contribution in [2.45, 2.75) is 0 Å². The van der Waals surface area contributed by atoms with Crippen LogP contribution in [0.3, 0.4) is 0 Å². The number of H-pyrrole nitrogens is 1. The zero-order valence-electron chi connectivity index (χ0n) is 7.16. The minimum absolute atomic E-state index is 0.619. The topological polar surface area (TPSA) is 76.0 Å². The lowest BCUT2D eigenvalue weighted by Gasteiger charge is -1.99. The summed E-state index contributed by atoms with van der Waals surface area (Å²) in [4.78, 5) is 0. The van der Waals surface area contributed by atoms with Gasteiger partial charge in [0, 0.05) is 5.39 Å². The van der Waals surface area contributed by atoms with Crippen LogP contribution in [0.1, 0.15) is 0 Å². The Hall–Kier alpha value is -1.75. The minimum atomic E-state index is 0.619. The van der Waals surface area contributed by atoms with E-state index in [4.69, 9.17) is 10.6 Å². The molecule has 2 aromatic rings. The number of hydrazine groups is 1. The van der Waals surface area contributed by atoms with Gasteiger partial charge in [-0.15, -0.1) is 0 Å². The molecule has 1 aromatic heterocycles. The molecule has 0 aliphatic rings. The van der Waals surface area contributed by atoms with Crippen LogP contribution in [-0.4, -0.2) is 17.3 Å². The smallest absolute Gasteiger partial charge is 0.169 e. The Balaban J connectivity index is 2.64. The summed E-state index contributed by atoms with van der Waals surface area (Å²) in [5.41, 5.74) is 3.43. The summed E-state index contributed by atoms with van der Waals surface area (Å²) in [5.74, 6) is 6.68. The molecule has 5 heteroatoms. The Morgan fingerprint density at radius 1 is 1.54 bits per heavy atom. The molecule has 68 valence electrons. The van der Waals surface area contributed by atoms with E-state index in [2.05, 4.69) is 15.6 Å². The van der Waals surface area contributed by atoms with Gasteiger partial charge in [-0.3, -0.25) is 5.10 Å². The van der Waals surface area contributed by atoms with Crippen molar-refractivity contribution in [1.82, 2.24) is 10.2 Å². The SMILES string of the molecule is COc1ccc2[nH]nc(NN)c2c1. The average Bonchev–Trinajstić information content (AvgIpc) is 2.59. The van der Waals surface area contributed by atoms with Crippen molar-refractivity contribution in [3.63, 3.8) is 0 Å². The lowest BCUT2D eigenvalue weighted by atomic mass is 10.2. The van der Waals surface area contributed by atoms with E-state index >= 15 is 0 Å². The monoisotopic (exact) mass is 178 g/mol. The first-order chi connectivity index (χ1) is 6.35. The number of benzene rings is 1. The van der Waals surface area contributed by atoms with Crippen LogP contribution in [0.25, 0.3) is 10.9 Å². The maximum Gasteiger partial charge on any atom is 0.169 e. The second kappa shape index (κ2) is 2.95. The molecule has 0 aliphatic heterocycles. The first-order valence-electron chi connectivity index (χ1n) is 3.84. The molecule has 4 N–H and O–H groups in total. The summed E-state index contributed by atoms with van der Waals surface area (Å²) in [7, 11) is 1.62. The van der Waals surface area contributed by atoms with Gasteiger partial charge < -0.3 is 10.2 Å². The Morgan fingerprint density at radius 2 is 2.38 bits per heavy atom. The summed E-state index contributed by atoms with van der Waals surface area (Å²) >= 11 is 0. The molecule has 0 spiro atoms. The molecule has 0 aliphatic carbocycles. The molecule has 0 amide bonds. The molecule has 0 radical (unpaired) electrons. The molecule has 13 heavy (non-hydrogen) atoms. The first-order valence-corrected chi connectivity index (χ1v) is 3.84. The third-order valence-corrected chi connectivity index (χ3v) is 1.91. The van der Waals surface area contributed by atoms with E-state index < -0.39 is 0 Å². The number of ether oxygens (including phenoxy) is 1. The highest BCUT2D eigenvalue weighted by Gasteiger charge is 2.04. The lowest BCUT2D eigenvalue weighted by Crippen LogP contribution is -2.07. The molecule has 5 nitrogen and oxygen atoms in total. The van der Waals surface area contributed by atoms with Gasteiger partial charge in [-0.05, 0) is 18.2 Å². The van der Waals surface area contributed by atoms with Gasteiger partial charge in [0.25, 0.3) is 0 Å². The third-order valence-electron chi connectivity index (χ3n) is 1.91. The number of nitrogen functional groups attached to an aromatic ring is 1. The van der Waals surface area contributed by atoms with Crippen molar-refractivity contribution in [1.29, 1.82) is 0 Å². The number of nitrogens with one attached hydrogen (secondary N) is 2. The summed E-state index contributed by atoms with van der Waals surface area (Å²) in [6.07, 6.45) is 0. The number of rotatable bonds is 2. The predicted octanol–water partition coefficient (Wildman–Crippen LogP) is 0.857. The van der Waals surface area contributed by atoms with E-state index in [0.717, 1.165) is 16.7 Å². The quantitative estimate of drug-likeness (QED) is 0.471. The Bertz CT molecular complexity index is 423. The van der Waals surface area contributed by atoms with Gasteiger partial charge in [0.2, 0.25) is 0 Å². The van der Waals surface area contributed by atoms with Crippen molar-refractivity contribution in [3.8, 4) is 5.75 Å². The standard InChI is InChI=1S/C8H10N4O/c1-13-5-2-3-7-6(4-5)8(10-9)12-11-7/h2-4H,9H2,1H3,(H2,10,11,12). The number of hydrogen-bond donors (Lipinski definition) is 3. The second-order valence-electron chi connectivity index (χ2n) is 2.63. The number of hydrogen-bond acceptors (Lipinski definition) is 4. The molecule has 0 unspecified atom stereocenters. The fourth-order valence-electron chi connectivity index (χ4n) is 1.23. The van der Waals surface area contributed by atoms with Crippen LogP contribution in [0.15, 0.2) is 18.2 Å². The Labute approximate surface area is 74.8 Å². The Morgan fingerprint density at radius 3 is 3.08 bits per heavy atom. The van der Waals surface area contributed by atoms with E-state index in [1.807, 2.05) is 18.2 Å². The van der Waals surface area contributed by atoms with Gasteiger partial charge in [-0.2, -0.15) is 5.10 Å². The molecule has 0 fully saturated rings. The molecular formula is C8H10N4O. The molecule has 0 atom stereocenters. The van der Waals surface area contributed by atoms with Gasteiger partial charge in [-0.1, -0.05) is 0 Å². The number of fused-ring (bicyclic) bond motifs is 1. The second-order valence-corrected chi connectivity index (χ2v) is 2.63. The number of anilines is 1. The van der Waals surface area contributed by atoms with Crippen LogP contribution in [0, 0.1) is 0 Å².